The number of hydrogen-bond donors (Lipinski definition) is 2. The van der Waals surface area contributed by atoms with Crippen molar-refractivity contribution in [2.75, 3.05) is 12.5 Å². The summed E-state index contributed by atoms with van der Waals surface area (Å²) in [7, 11) is 1.69. The van der Waals surface area contributed by atoms with E-state index >= 15 is 0 Å². The van der Waals surface area contributed by atoms with Crippen LogP contribution in [0.3, 0.4) is 0 Å². The highest BCUT2D eigenvalue weighted by Crippen LogP contribution is 2.32. The molecular formula is C20H20N2OS. The zero-order chi connectivity index (χ0) is 16.6. The van der Waals surface area contributed by atoms with Gasteiger partial charge in [0, 0.05) is 22.0 Å². The summed E-state index contributed by atoms with van der Waals surface area (Å²) in [6.45, 7) is 0.738. The minimum Gasteiger partial charge on any atom is -0.497 e. The van der Waals surface area contributed by atoms with Crippen molar-refractivity contribution in [3.63, 3.8) is 0 Å². The van der Waals surface area contributed by atoms with Crippen LogP contribution in [0.1, 0.15) is 5.56 Å². The van der Waals surface area contributed by atoms with Gasteiger partial charge in [-0.05, 0) is 42.0 Å². The van der Waals surface area contributed by atoms with Gasteiger partial charge in [-0.25, -0.2) is 5.43 Å². The SMILES string of the molecule is COc1cccc(Sc2ccccc2CNNc2ccccc2)c1. The van der Waals surface area contributed by atoms with Gasteiger partial charge in [0.2, 0.25) is 0 Å². The summed E-state index contributed by atoms with van der Waals surface area (Å²) in [6, 6.07) is 26.6. The molecule has 122 valence electrons. The van der Waals surface area contributed by atoms with Crippen molar-refractivity contribution in [3.05, 3.63) is 84.4 Å². The molecule has 0 saturated heterocycles. The first-order valence-electron chi connectivity index (χ1n) is 7.79. The summed E-state index contributed by atoms with van der Waals surface area (Å²) in [6.07, 6.45) is 0. The Morgan fingerprint density at radius 3 is 2.50 bits per heavy atom. The Morgan fingerprint density at radius 2 is 1.67 bits per heavy atom. The minimum atomic E-state index is 0.738. The second-order valence-corrected chi connectivity index (χ2v) is 6.35. The van der Waals surface area contributed by atoms with E-state index in [9.17, 15) is 0 Å². The number of rotatable bonds is 7. The van der Waals surface area contributed by atoms with Gasteiger partial charge in [-0.1, -0.05) is 54.2 Å². The lowest BCUT2D eigenvalue weighted by atomic mass is 10.2. The van der Waals surface area contributed by atoms with Crippen LogP contribution in [-0.4, -0.2) is 7.11 Å². The number of anilines is 1. The molecule has 2 N–H and O–H groups in total. The molecule has 0 saturated carbocycles. The Labute approximate surface area is 147 Å². The van der Waals surface area contributed by atoms with Crippen molar-refractivity contribution >= 4 is 17.4 Å². The maximum Gasteiger partial charge on any atom is 0.119 e. The summed E-state index contributed by atoms with van der Waals surface area (Å²) < 4.78 is 5.30. The van der Waals surface area contributed by atoms with Crippen LogP contribution in [0.25, 0.3) is 0 Å². The molecule has 0 aliphatic rings. The van der Waals surface area contributed by atoms with Crippen molar-refractivity contribution < 1.29 is 4.74 Å². The van der Waals surface area contributed by atoms with Crippen LogP contribution in [0.5, 0.6) is 5.75 Å². The molecule has 0 aliphatic carbocycles. The van der Waals surface area contributed by atoms with E-state index in [1.165, 1.54) is 10.5 Å². The van der Waals surface area contributed by atoms with E-state index in [0.29, 0.717) is 0 Å². The molecule has 0 heterocycles. The fraction of sp³-hybridized carbons (Fsp3) is 0.100. The average molecular weight is 336 g/mol. The largest absolute Gasteiger partial charge is 0.497 e. The first-order valence-corrected chi connectivity index (χ1v) is 8.60. The standard InChI is InChI=1S/C20H20N2OS/c1-23-18-11-7-12-19(14-18)24-20-13-6-5-8-16(20)15-21-22-17-9-3-2-4-10-17/h2-14,21-22H,15H2,1H3. The predicted molar refractivity (Wildman–Crippen MR) is 100 cm³/mol. The van der Waals surface area contributed by atoms with Gasteiger partial charge >= 0.3 is 0 Å². The fourth-order valence-corrected chi connectivity index (χ4v) is 3.30. The van der Waals surface area contributed by atoms with Gasteiger partial charge in [0.15, 0.2) is 0 Å². The van der Waals surface area contributed by atoms with Crippen molar-refractivity contribution in [1.29, 1.82) is 0 Å². The first kappa shape index (κ1) is 16.4. The average Bonchev–Trinajstić information content (AvgIpc) is 2.64. The monoisotopic (exact) mass is 336 g/mol. The van der Waals surface area contributed by atoms with Crippen LogP contribution in [0.15, 0.2) is 88.7 Å². The van der Waals surface area contributed by atoms with E-state index in [0.717, 1.165) is 22.9 Å². The highest BCUT2D eigenvalue weighted by atomic mass is 32.2. The second-order valence-electron chi connectivity index (χ2n) is 5.23. The number of methoxy groups -OCH3 is 1. The van der Waals surface area contributed by atoms with E-state index in [-0.39, 0.29) is 0 Å². The molecular weight excluding hydrogens is 316 g/mol. The maximum atomic E-state index is 5.30. The minimum absolute atomic E-state index is 0.738. The molecule has 3 aromatic rings. The normalized spacial score (nSPS) is 10.4. The van der Waals surface area contributed by atoms with E-state index < -0.39 is 0 Å². The van der Waals surface area contributed by atoms with Gasteiger partial charge < -0.3 is 10.2 Å². The van der Waals surface area contributed by atoms with Crippen LogP contribution < -0.4 is 15.6 Å². The molecule has 24 heavy (non-hydrogen) atoms. The van der Waals surface area contributed by atoms with Crippen LogP contribution in [-0.2, 0) is 6.54 Å². The molecule has 0 spiro atoms. The molecule has 3 aromatic carbocycles. The quantitative estimate of drug-likeness (QED) is 0.597. The molecule has 0 aromatic heterocycles. The molecule has 0 atom stereocenters. The molecule has 3 nitrogen and oxygen atoms in total. The second kappa shape index (κ2) is 8.43. The lowest BCUT2D eigenvalue weighted by Crippen LogP contribution is -2.21. The number of nitrogens with one attached hydrogen (secondary N) is 2. The highest BCUT2D eigenvalue weighted by molar-refractivity contribution is 7.99. The number of para-hydroxylation sites is 1. The van der Waals surface area contributed by atoms with Crippen LogP contribution in [0.4, 0.5) is 5.69 Å². The molecule has 0 bridgehead atoms. The summed E-state index contributed by atoms with van der Waals surface area (Å²) in [5.41, 5.74) is 8.80. The molecule has 0 amide bonds. The summed E-state index contributed by atoms with van der Waals surface area (Å²) in [5, 5.41) is 0. The summed E-state index contributed by atoms with van der Waals surface area (Å²) in [4.78, 5) is 2.39. The van der Waals surface area contributed by atoms with Crippen molar-refractivity contribution in [3.8, 4) is 5.75 Å². The summed E-state index contributed by atoms with van der Waals surface area (Å²) in [5.74, 6) is 0.876. The van der Waals surface area contributed by atoms with Crippen molar-refractivity contribution in [2.24, 2.45) is 0 Å². The smallest absolute Gasteiger partial charge is 0.119 e. The van der Waals surface area contributed by atoms with Crippen molar-refractivity contribution in [2.45, 2.75) is 16.3 Å². The Morgan fingerprint density at radius 1 is 0.875 bits per heavy atom. The van der Waals surface area contributed by atoms with E-state index in [2.05, 4.69) is 47.2 Å². The molecule has 0 radical (unpaired) electrons. The third kappa shape index (κ3) is 4.54. The van der Waals surface area contributed by atoms with Gasteiger partial charge in [0.25, 0.3) is 0 Å². The van der Waals surface area contributed by atoms with Crippen LogP contribution in [0, 0.1) is 0 Å². The number of hydrogen-bond acceptors (Lipinski definition) is 4. The van der Waals surface area contributed by atoms with E-state index in [1.807, 2.05) is 42.5 Å². The van der Waals surface area contributed by atoms with Gasteiger partial charge in [-0.15, -0.1) is 0 Å². The van der Waals surface area contributed by atoms with Gasteiger partial charge in [0.05, 0.1) is 7.11 Å². The zero-order valence-corrected chi connectivity index (χ0v) is 14.3. The fourth-order valence-electron chi connectivity index (χ4n) is 2.30. The number of benzene rings is 3. The lowest BCUT2D eigenvalue weighted by molar-refractivity contribution is 0.413. The van der Waals surface area contributed by atoms with E-state index in [4.69, 9.17) is 4.74 Å². The third-order valence-electron chi connectivity index (χ3n) is 3.53. The Hall–Kier alpha value is -2.43. The Bertz CT molecular complexity index is 777. The maximum absolute atomic E-state index is 5.30. The van der Waals surface area contributed by atoms with Crippen LogP contribution in [0.2, 0.25) is 0 Å². The van der Waals surface area contributed by atoms with Gasteiger partial charge in [-0.3, -0.25) is 0 Å². The van der Waals surface area contributed by atoms with E-state index in [1.54, 1.807) is 18.9 Å². The topological polar surface area (TPSA) is 33.3 Å². The molecule has 0 unspecified atom stereocenters. The highest BCUT2D eigenvalue weighted by Gasteiger charge is 2.05. The molecule has 3 rings (SSSR count). The third-order valence-corrected chi connectivity index (χ3v) is 4.63. The van der Waals surface area contributed by atoms with Gasteiger partial charge in [0.1, 0.15) is 5.75 Å². The Kier molecular flexibility index (Phi) is 5.77. The first-order chi connectivity index (χ1) is 11.8. The molecule has 0 fully saturated rings. The Balaban J connectivity index is 1.66. The zero-order valence-electron chi connectivity index (χ0n) is 13.5. The predicted octanol–water partition coefficient (Wildman–Crippen LogP) is 4.96. The molecule has 4 heteroatoms. The molecule has 0 aliphatic heterocycles. The number of hydrazine groups is 1. The summed E-state index contributed by atoms with van der Waals surface area (Å²) >= 11 is 1.74. The lowest BCUT2D eigenvalue weighted by Gasteiger charge is -2.12. The number of ether oxygens (including phenoxy) is 1. The van der Waals surface area contributed by atoms with Crippen LogP contribution >= 0.6 is 11.8 Å². The van der Waals surface area contributed by atoms with Gasteiger partial charge in [-0.2, -0.15) is 0 Å². The van der Waals surface area contributed by atoms with Crippen molar-refractivity contribution in [1.82, 2.24) is 5.43 Å².